The predicted molar refractivity (Wildman–Crippen MR) is 70.3 cm³/mol. The fourth-order valence-corrected chi connectivity index (χ4v) is 2.29. The molecule has 0 aromatic heterocycles. The largest absolute Gasteiger partial charge is 0.304 e. The molecule has 0 aromatic rings. The van der Waals surface area contributed by atoms with Crippen molar-refractivity contribution < 1.29 is 0 Å². The first-order valence-corrected chi connectivity index (χ1v) is 6.61. The quantitative estimate of drug-likeness (QED) is 0.613. The van der Waals surface area contributed by atoms with Gasteiger partial charge in [-0.3, -0.25) is 0 Å². The van der Waals surface area contributed by atoms with Gasteiger partial charge in [-0.05, 0) is 50.2 Å². The van der Waals surface area contributed by atoms with Crippen LogP contribution in [0.15, 0.2) is 0 Å². The van der Waals surface area contributed by atoms with Gasteiger partial charge in [0.15, 0.2) is 0 Å². The molecule has 0 spiro atoms. The molecule has 0 radical (unpaired) electrons. The summed E-state index contributed by atoms with van der Waals surface area (Å²) < 4.78 is 0. The van der Waals surface area contributed by atoms with Crippen LogP contribution in [-0.4, -0.2) is 24.5 Å². The first-order valence-electron chi connectivity index (χ1n) is 6.61. The molecule has 1 nitrogen and oxygen atoms in total. The smallest absolute Gasteiger partial charge is 0.00163 e. The molecular formula is C14H31N. The van der Waals surface area contributed by atoms with Crippen molar-refractivity contribution in [3.63, 3.8) is 0 Å². The van der Waals surface area contributed by atoms with Gasteiger partial charge < -0.3 is 4.90 Å². The lowest BCUT2D eigenvalue weighted by molar-refractivity contribution is 0.236. The van der Waals surface area contributed by atoms with Crippen molar-refractivity contribution in [2.24, 2.45) is 11.3 Å². The lowest BCUT2D eigenvalue weighted by atomic mass is 9.84. The molecule has 1 unspecified atom stereocenters. The van der Waals surface area contributed by atoms with E-state index in [1.807, 2.05) is 0 Å². The lowest BCUT2D eigenvalue weighted by Gasteiger charge is -2.26. The summed E-state index contributed by atoms with van der Waals surface area (Å²) in [7, 11) is 0. The molecule has 0 aliphatic heterocycles. The third kappa shape index (κ3) is 8.92. The van der Waals surface area contributed by atoms with Gasteiger partial charge in [0, 0.05) is 0 Å². The molecule has 1 atom stereocenters. The van der Waals surface area contributed by atoms with E-state index in [0.29, 0.717) is 5.41 Å². The van der Waals surface area contributed by atoms with Crippen LogP contribution in [0.25, 0.3) is 0 Å². The maximum Gasteiger partial charge on any atom is -0.00163 e. The fraction of sp³-hybridized carbons (Fsp3) is 1.00. The van der Waals surface area contributed by atoms with Gasteiger partial charge in [-0.15, -0.1) is 0 Å². The molecule has 0 amide bonds. The predicted octanol–water partition coefficient (Wildman–Crippen LogP) is 4.18. The SMILES string of the molecule is CCCN(CC)CCC(C)CC(C)(C)C. The Labute approximate surface area is 97.2 Å². The second kappa shape index (κ2) is 7.27. The van der Waals surface area contributed by atoms with Gasteiger partial charge in [0.1, 0.15) is 0 Å². The minimum Gasteiger partial charge on any atom is -0.304 e. The van der Waals surface area contributed by atoms with Crippen LogP contribution >= 0.6 is 0 Å². The summed E-state index contributed by atoms with van der Waals surface area (Å²) in [5.41, 5.74) is 0.487. The molecule has 1 heteroatoms. The highest BCUT2D eigenvalue weighted by molar-refractivity contribution is 4.68. The Morgan fingerprint density at radius 1 is 1.07 bits per heavy atom. The third-order valence-corrected chi connectivity index (χ3v) is 2.89. The van der Waals surface area contributed by atoms with Gasteiger partial charge in [0.25, 0.3) is 0 Å². The van der Waals surface area contributed by atoms with Crippen LogP contribution in [0, 0.1) is 11.3 Å². The summed E-state index contributed by atoms with van der Waals surface area (Å²) in [6, 6.07) is 0. The first-order chi connectivity index (χ1) is 6.89. The first kappa shape index (κ1) is 15.0. The molecule has 0 N–H and O–H groups in total. The molecule has 0 fully saturated rings. The fourth-order valence-electron chi connectivity index (χ4n) is 2.29. The maximum atomic E-state index is 2.57. The summed E-state index contributed by atoms with van der Waals surface area (Å²) >= 11 is 0. The van der Waals surface area contributed by atoms with E-state index in [1.165, 1.54) is 38.9 Å². The number of hydrogen-bond donors (Lipinski definition) is 0. The molecule has 0 rings (SSSR count). The van der Waals surface area contributed by atoms with Crippen LogP contribution < -0.4 is 0 Å². The van der Waals surface area contributed by atoms with Gasteiger partial charge in [0.2, 0.25) is 0 Å². The summed E-state index contributed by atoms with van der Waals surface area (Å²) in [6.07, 6.45) is 3.98. The van der Waals surface area contributed by atoms with E-state index in [-0.39, 0.29) is 0 Å². The van der Waals surface area contributed by atoms with Crippen LogP contribution in [0.5, 0.6) is 0 Å². The third-order valence-electron chi connectivity index (χ3n) is 2.89. The molecule has 0 aliphatic rings. The zero-order valence-corrected chi connectivity index (χ0v) is 11.8. The van der Waals surface area contributed by atoms with Crippen LogP contribution in [0.4, 0.5) is 0 Å². The molecule has 0 bridgehead atoms. The molecule has 92 valence electrons. The summed E-state index contributed by atoms with van der Waals surface area (Å²) in [5, 5.41) is 0. The van der Waals surface area contributed by atoms with Gasteiger partial charge in [-0.25, -0.2) is 0 Å². The summed E-state index contributed by atoms with van der Waals surface area (Å²) in [4.78, 5) is 2.57. The van der Waals surface area contributed by atoms with E-state index in [1.54, 1.807) is 0 Å². The summed E-state index contributed by atoms with van der Waals surface area (Å²) in [6.45, 7) is 17.7. The number of hydrogen-bond acceptors (Lipinski definition) is 1. The average molecular weight is 213 g/mol. The Kier molecular flexibility index (Phi) is 7.25. The van der Waals surface area contributed by atoms with Crippen molar-refractivity contribution in [1.82, 2.24) is 4.90 Å². The zero-order chi connectivity index (χ0) is 11.9. The molecule has 0 aromatic carbocycles. The highest BCUT2D eigenvalue weighted by atomic mass is 15.1. The van der Waals surface area contributed by atoms with E-state index < -0.39 is 0 Å². The Morgan fingerprint density at radius 2 is 1.67 bits per heavy atom. The van der Waals surface area contributed by atoms with Crippen LogP contribution in [0.3, 0.4) is 0 Å². The minimum atomic E-state index is 0.487. The second-order valence-corrected chi connectivity index (χ2v) is 6.09. The average Bonchev–Trinajstić information content (AvgIpc) is 2.09. The molecule has 0 heterocycles. The van der Waals surface area contributed by atoms with Crippen molar-refractivity contribution in [2.45, 2.75) is 60.8 Å². The van der Waals surface area contributed by atoms with Crippen molar-refractivity contribution in [1.29, 1.82) is 0 Å². The standard InChI is InChI=1S/C14H31N/c1-7-10-15(8-2)11-9-13(3)12-14(4,5)6/h13H,7-12H2,1-6H3. The van der Waals surface area contributed by atoms with Gasteiger partial charge in [0.05, 0.1) is 0 Å². The van der Waals surface area contributed by atoms with E-state index in [2.05, 4.69) is 46.4 Å². The number of rotatable bonds is 7. The van der Waals surface area contributed by atoms with Crippen molar-refractivity contribution in [3.05, 3.63) is 0 Å². The zero-order valence-electron chi connectivity index (χ0n) is 11.8. The van der Waals surface area contributed by atoms with E-state index in [0.717, 1.165) is 5.92 Å². The van der Waals surface area contributed by atoms with Gasteiger partial charge >= 0.3 is 0 Å². The van der Waals surface area contributed by atoms with Crippen molar-refractivity contribution in [2.75, 3.05) is 19.6 Å². The van der Waals surface area contributed by atoms with E-state index in [4.69, 9.17) is 0 Å². The van der Waals surface area contributed by atoms with E-state index >= 15 is 0 Å². The molecule has 15 heavy (non-hydrogen) atoms. The Balaban J connectivity index is 3.73. The van der Waals surface area contributed by atoms with Crippen LogP contribution in [-0.2, 0) is 0 Å². The Bertz CT molecular complexity index is 146. The topological polar surface area (TPSA) is 3.24 Å². The van der Waals surface area contributed by atoms with Crippen LogP contribution in [0.1, 0.15) is 60.8 Å². The van der Waals surface area contributed by atoms with E-state index in [9.17, 15) is 0 Å². The van der Waals surface area contributed by atoms with Crippen molar-refractivity contribution >= 4 is 0 Å². The highest BCUT2D eigenvalue weighted by Crippen LogP contribution is 2.25. The maximum absolute atomic E-state index is 2.57. The second-order valence-electron chi connectivity index (χ2n) is 6.09. The molecule has 0 saturated carbocycles. The Hall–Kier alpha value is -0.0400. The summed E-state index contributed by atoms with van der Waals surface area (Å²) in [5.74, 6) is 0.857. The minimum absolute atomic E-state index is 0.487. The number of nitrogens with zero attached hydrogens (tertiary/aromatic N) is 1. The lowest BCUT2D eigenvalue weighted by Crippen LogP contribution is -2.27. The Morgan fingerprint density at radius 3 is 2.07 bits per heavy atom. The molecule has 0 aliphatic carbocycles. The van der Waals surface area contributed by atoms with Gasteiger partial charge in [-0.1, -0.05) is 41.5 Å². The van der Waals surface area contributed by atoms with Gasteiger partial charge in [-0.2, -0.15) is 0 Å². The van der Waals surface area contributed by atoms with Crippen molar-refractivity contribution in [3.8, 4) is 0 Å². The molecule has 0 saturated heterocycles. The van der Waals surface area contributed by atoms with Crippen LogP contribution in [0.2, 0.25) is 0 Å². The highest BCUT2D eigenvalue weighted by Gasteiger charge is 2.15. The monoisotopic (exact) mass is 213 g/mol. The molecular weight excluding hydrogens is 182 g/mol. The normalized spacial score (nSPS) is 14.6.